The van der Waals surface area contributed by atoms with E-state index in [9.17, 15) is 24.3 Å². The van der Waals surface area contributed by atoms with Crippen molar-refractivity contribution in [3.63, 3.8) is 0 Å². The zero-order valence-corrected chi connectivity index (χ0v) is 24.9. The van der Waals surface area contributed by atoms with Gasteiger partial charge in [-0.1, -0.05) is 25.1 Å². The third-order valence-electron chi connectivity index (χ3n) is 9.30. The minimum Gasteiger partial charge on any atom is -0.461 e. The number of carbonyl (C=O) groups excluding carboxylic acids is 4. The standard InChI is InChI=1S/C32H37NO10/c1-18-14-24(40-19(2)34)26(41-20(3)35)31(17-39-28(37)22-12-9-13-33-16-22)27(42-29(38)21-10-7-6-8-11-21)25(36)23-15-32(18,31)43-30(23,4)5/h6-13,16,18,23-27,36H,14-15,17H2,1-5H3. The molecule has 1 spiro atoms. The van der Waals surface area contributed by atoms with Gasteiger partial charge in [0.15, 0.2) is 6.10 Å². The molecular formula is C32H37NO10. The Morgan fingerprint density at radius 3 is 2.23 bits per heavy atom. The number of rotatable bonds is 7. The van der Waals surface area contributed by atoms with Gasteiger partial charge in [0.25, 0.3) is 0 Å². The van der Waals surface area contributed by atoms with E-state index in [0.717, 1.165) is 0 Å². The van der Waals surface area contributed by atoms with Crippen LogP contribution >= 0.6 is 0 Å². The number of nitrogens with zero attached hydrogens (tertiary/aromatic N) is 1. The van der Waals surface area contributed by atoms with Gasteiger partial charge in [0.2, 0.25) is 0 Å². The van der Waals surface area contributed by atoms with Crippen LogP contribution in [0.25, 0.3) is 0 Å². The highest BCUT2D eigenvalue weighted by Crippen LogP contribution is 2.67. The van der Waals surface area contributed by atoms with Crippen LogP contribution in [0.5, 0.6) is 0 Å². The zero-order valence-electron chi connectivity index (χ0n) is 24.9. The summed E-state index contributed by atoms with van der Waals surface area (Å²) >= 11 is 0. The minimum absolute atomic E-state index is 0.164. The molecule has 43 heavy (non-hydrogen) atoms. The fourth-order valence-electron chi connectivity index (χ4n) is 7.54. The van der Waals surface area contributed by atoms with E-state index < -0.39 is 77.4 Å². The first-order valence-electron chi connectivity index (χ1n) is 14.4. The molecule has 0 radical (unpaired) electrons. The maximum Gasteiger partial charge on any atom is 0.339 e. The third-order valence-corrected chi connectivity index (χ3v) is 9.30. The fraction of sp³-hybridized carbons (Fsp3) is 0.531. The van der Waals surface area contributed by atoms with Gasteiger partial charge in [0.05, 0.1) is 28.4 Å². The molecule has 2 bridgehead atoms. The molecule has 0 amide bonds. The lowest BCUT2D eigenvalue weighted by Gasteiger charge is -2.62. The Balaban J connectivity index is 1.71. The summed E-state index contributed by atoms with van der Waals surface area (Å²) in [6.45, 7) is 7.54. The van der Waals surface area contributed by atoms with E-state index in [-0.39, 0.29) is 29.9 Å². The number of aliphatic hydroxyl groups is 1. The van der Waals surface area contributed by atoms with Gasteiger partial charge >= 0.3 is 23.9 Å². The van der Waals surface area contributed by atoms with Gasteiger partial charge < -0.3 is 28.8 Å². The van der Waals surface area contributed by atoms with Crippen LogP contribution in [0, 0.1) is 17.3 Å². The Morgan fingerprint density at radius 2 is 1.60 bits per heavy atom. The summed E-state index contributed by atoms with van der Waals surface area (Å²) in [5.41, 5.74) is -3.43. The molecule has 2 aliphatic carbocycles. The van der Waals surface area contributed by atoms with Crippen LogP contribution in [0.1, 0.15) is 68.2 Å². The number of pyridine rings is 1. The van der Waals surface area contributed by atoms with Gasteiger partial charge in [-0.2, -0.15) is 0 Å². The highest BCUT2D eigenvalue weighted by Gasteiger charge is 2.80. The van der Waals surface area contributed by atoms with Crippen molar-refractivity contribution >= 4 is 23.9 Å². The normalized spacial score (nSPS) is 33.9. The summed E-state index contributed by atoms with van der Waals surface area (Å²) in [7, 11) is 0. The van der Waals surface area contributed by atoms with Gasteiger partial charge in [-0.3, -0.25) is 14.6 Å². The van der Waals surface area contributed by atoms with Crippen LogP contribution < -0.4 is 0 Å². The third kappa shape index (κ3) is 5.18. The molecule has 2 saturated carbocycles. The second-order valence-electron chi connectivity index (χ2n) is 12.3. The second kappa shape index (κ2) is 11.3. The van der Waals surface area contributed by atoms with E-state index in [2.05, 4.69) is 4.98 Å². The highest BCUT2D eigenvalue weighted by molar-refractivity contribution is 5.90. The van der Waals surface area contributed by atoms with Crippen LogP contribution in [0.2, 0.25) is 0 Å². The number of aromatic nitrogens is 1. The summed E-state index contributed by atoms with van der Waals surface area (Å²) in [5.74, 6) is -3.66. The Hall–Kier alpha value is -3.83. The van der Waals surface area contributed by atoms with Crippen molar-refractivity contribution in [2.75, 3.05) is 6.61 Å². The van der Waals surface area contributed by atoms with Crippen LogP contribution in [0.3, 0.4) is 0 Å². The Bertz CT molecular complexity index is 1380. The first-order valence-corrected chi connectivity index (χ1v) is 14.4. The topological polar surface area (TPSA) is 148 Å². The summed E-state index contributed by atoms with van der Waals surface area (Å²) in [6.07, 6.45) is -1.66. The number of hydrogen-bond acceptors (Lipinski definition) is 11. The maximum atomic E-state index is 13.6. The van der Waals surface area contributed by atoms with E-state index in [1.165, 1.54) is 32.3 Å². The van der Waals surface area contributed by atoms with Crippen molar-refractivity contribution in [2.24, 2.45) is 17.3 Å². The van der Waals surface area contributed by atoms with Crippen LogP contribution in [-0.2, 0) is 33.3 Å². The number of aliphatic hydroxyl groups excluding tert-OH is 1. The second-order valence-corrected chi connectivity index (χ2v) is 12.3. The fourth-order valence-corrected chi connectivity index (χ4v) is 7.54. The number of hydrogen-bond donors (Lipinski definition) is 1. The summed E-state index contributed by atoms with van der Waals surface area (Å²) < 4.78 is 30.7. The van der Waals surface area contributed by atoms with E-state index in [0.29, 0.717) is 0 Å². The van der Waals surface area contributed by atoms with Crippen LogP contribution in [0.4, 0.5) is 0 Å². The number of carbonyl (C=O) groups is 4. The Morgan fingerprint density at radius 1 is 0.930 bits per heavy atom. The molecule has 2 aromatic rings. The van der Waals surface area contributed by atoms with Gasteiger partial charge in [-0.15, -0.1) is 0 Å². The smallest absolute Gasteiger partial charge is 0.339 e. The molecule has 1 aliphatic heterocycles. The first-order chi connectivity index (χ1) is 20.3. The van der Waals surface area contributed by atoms with Gasteiger partial charge in [0.1, 0.15) is 24.2 Å². The lowest BCUT2D eigenvalue weighted by atomic mass is 9.48. The molecule has 3 fully saturated rings. The number of esters is 4. The molecule has 2 heterocycles. The molecule has 1 saturated heterocycles. The lowest BCUT2D eigenvalue weighted by Crippen LogP contribution is -2.76. The zero-order chi connectivity index (χ0) is 31.2. The van der Waals surface area contributed by atoms with Gasteiger partial charge in [0, 0.05) is 32.2 Å². The monoisotopic (exact) mass is 595 g/mol. The number of ether oxygens (including phenoxy) is 5. The Labute approximate surface area is 249 Å². The summed E-state index contributed by atoms with van der Waals surface area (Å²) in [6, 6.07) is 11.4. The lowest BCUT2D eigenvalue weighted by molar-refractivity contribution is -0.305. The van der Waals surface area contributed by atoms with Crippen molar-refractivity contribution in [1.82, 2.24) is 4.98 Å². The minimum atomic E-state index is -1.69. The molecule has 11 nitrogen and oxygen atoms in total. The van der Waals surface area contributed by atoms with Crippen molar-refractivity contribution in [1.29, 1.82) is 0 Å². The number of benzene rings is 1. The van der Waals surface area contributed by atoms with Crippen molar-refractivity contribution in [3.05, 3.63) is 66.0 Å². The SMILES string of the molecule is CC(=O)OC1CC(C)C23CC(C(O)C(OC(=O)c4ccccc4)C2(COC(=O)c2cccnc2)C1OC(C)=O)C(C)(C)O3. The van der Waals surface area contributed by atoms with E-state index in [1.807, 2.05) is 20.8 Å². The van der Waals surface area contributed by atoms with E-state index in [1.54, 1.807) is 36.4 Å². The van der Waals surface area contributed by atoms with Gasteiger partial charge in [-0.05, 0) is 56.9 Å². The molecule has 11 heteroatoms. The number of fused-ring (bicyclic) bond motifs is 1. The molecule has 1 N–H and O–H groups in total. The highest BCUT2D eigenvalue weighted by atomic mass is 16.6. The van der Waals surface area contributed by atoms with Crippen molar-refractivity contribution in [2.45, 2.75) is 83.1 Å². The molecule has 1 aromatic carbocycles. The summed E-state index contributed by atoms with van der Waals surface area (Å²) in [4.78, 5) is 55.9. The summed E-state index contributed by atoms with van der Waals surface area (Å²) in [5, 5.41) is 12.0. The van der Waals surface area contributed by atoms with Crippen molar-refractivity contribution in [3.8, 4) is 0 Å². The molecule has 230 valence electrons. The van der Waals surface area contributed by atoms with Crippen molar-refractivity contribution < 1.29 is 48.0 Å². The van der Waals surface area contributed by atoms with Gasteiger partial charge in [-0.25, -0.2) is 9.59 Å². The van der Waals surface area contributed by atoms with E-state index >= 15 is 0 Å². The molecule has 1 aromatic heterocycles. The molecule has 3 aliphatic rings. The predicted molar refractivity (Wildman–Crippen MR) is 149 cm³/mol. The quantitative estimate of drug-likeness (QED) is 0.371. The Kier molecular flexibility index (Phi) is 8.08. The molecule has 5 rings (SSSR count). The molecular weight excluding hydrogens is 558 g/mol. The largest absolute Gasteiger partial charge is 0.461 e. The first kappa shape index (κ1) is 30.6. The molecule has 8 unspecified atom stereocenters. The average molecular weight is 596 g/mol. The van der Waals surface area contributed by atoms with Crippen LogP contribution in [0.15, 0.2) is 54.9 Å². The molecule has 8 atom stereocenters. The average Bonchev–Trinajstić information content (AvgIpc) is 3.24. The van der Waals surface area contributed by atoms with Crippen LogP contribution in [-0.4, -0.2) is 76.2 Å². The predicted octanol–water partition coefficient (Wildman–Crippen LogP) is 3.28. The van der Waals surface area contributed by atoms with E-state index in [4.69, 9.17) is 23.7 Å². The maximum absolute atomic E-state index is 13.6.